The number of fused-ring (bicyclic) bond motifs is 3. The fraction of sp³-hybridized carbons (Fsp3) is 0.125. The summed E-state index contributed by atoms with van der Waals surface area (Å²) in [6.07, 6.45) is 0.213. The van der Waals surface area contributed by atoms with Gasteiger partial charge in [-0.2, -0.15) is 0 Å². The lowest BCUT2D eigenvalue weighted by Gasteiger charge is -2.13. The molecule has 4 rings (SSSR count). The van der Waals surface area contributed by atoms with E-state index in [4.69, 9.17) is 4.74 Å². The first kappa shape index (κ1) is 13.3. The van der Waals surface area contributed by atoms with Crippen LogP contribution in [0.4, 0.5) is 0 Å². The van der Waals surface area contributed by atoms with Gasteiger partial charge in [0.1, 0.15) is 6.10 Å². The van der Waals surface area contributed by atoms with E-state index in [1.807, 2.05) is 0 Å². The summed E-state index contributed by atoms with van der Waals surface area (Å²) in [5.74, 6) is 0. The number of hydrogen-bond acceptors (Lipinski definition) is 1. The van der Waals surface area contributed by atoms with Crippen molar-refractivity contribution in [1.82, 2.24) is 0 Å². The van der Waals surface area contributed by atoms with E-state index in [2.05, 4.69) is 84.2 Å². The summed E-state index contributed by atoms with van der Waals surface area (Å²) in [7, 11) is 0. The molecular weight excluding hydrogens is 448 g/mol. The van der Waals surface area contributed by atoms with Crippen LogP contribution in [0, 0.1) is 0 Å². The van der Waals surface area contributed by atoms with Gasteiger partial charge in [0.15, 0.2) is 0 Å². The predicted molar refractivity (Wildman–Crippen MR) is 93.2 cm³/mol. The van der Waals surface area contributed by atoms with Crippen LogP contribution in [0.3, 0.4) is 0 Å². The van der Waals surface area contributed by atoms with Crippen molar-refractivity contribution in [2.24, 2.45) is 0 Å². The second-order valence-corrected chi connectivity index (χ2v) is 7.55. The topological polar surface area (TPSA) is 12.5 Å². The van der Waals surface area contributed by atoms with Gasteiger partial charge in [0.05, 0.1) is 6.61 Å². The first-order valence-corrected chi connectivity index (χ1v) is 8.64. The fourth-order valence-electron chi connectivity index (χ4n) is 2.70. The smallest absolute Gasteiger partial charge is 0.108 e. The zero-order chi connectivity index (χ0) is 13.9. The van der Waals surface area contributed by atoms with E-state index in [-0.39, 0.29) is 6.10 Å². The van der Waals surface area contributed by atoms with Gasteiger partial charge >= 0.3 is 0 Å². The molecule has 3 aromatic rings. The van der Waals surface area contributed by atoms with Gasteiger partial charge in [-0.25, -0.2) is 0 Å². The van der Waals surface area contributed by atoms with Crippen LogP contribution in [0.5, 0.6) is 0 Å². The van der Waals surface area contributed by atoms with E-state index in [1.165, 1.54) is 27.1 Å². The summed E-state index contributed by atoms with van der Waals surface area (Å²) in [4.78, 5) is 0. The molecule has 0 unspecified atom stereocenters. The highest BCUT2D eigenvalue weighted by molar-refractivity contribution is 9.11. The molecule has 1 saturated heterocycles. The molecule has 1 aliphatic rings. The molecule has 1 fully saturated rings. The van der Waals surface area contributed by atoms with Crippen molar-refractivity contribution < 1.29 is 4.74 Å². The van der Waals surface area contributed by atoms with Crippen LogP contribution in [0.2, 0.25) is 0 Å². The molecule has 1 atom stereocenters. The van der Waals surface area contributed by atoms with Gasteiger partial charge in [0.25, 0.3) is 0 Å². The van der Waals surface area contributed by atoms with E-state index in [0.717, 1.165) is 20.0 Å². The average molecular weight is 457 g/mol. The molecule has 4 heteroatoms. The Morgan fingerprint density at radius 3 is 1.95 bits per heavy atom. The van der Waals surface area contributed by atoms with Gasteiger partial charge in [-0.05, 0) is 61.7 Å². The second kappa shape index (κ2) is 4.80. The Balaban J connectivity index is 2.25. The molecule has 1 nitrogen and oxygen atoms in total. The van der Waals surface area contributed by atoms with Crippen molar-refractivity contribution in [3.8, 4) is 0 Å². The van der Waals surface area contributed by atoms with Crippen LogP contribution in [0.1, 0.15) is 11.7 Å². The molecule has 100 valence electrons. The molecule has 1 aliphatic heterocycles. The third kappa shape index (κ3) is 2.05. The monoisotopic (exact) mass is 454 g/mol. The van der Waals surface area contributed by atoms with Crippen LogP contribution in [0.25, 0.3) is 21.5 Å². The number of ether oxygens (including phenoxy) is 1. The number of hydrogen-bond donors (Lipinski definition) is 0. The number of epoxide rings is 1. The molecule has 0 spiro atoms. The summed E-state index contributed by atoms with van der Waals surface area (Å²) >= 11 is 10.9. The maximum absolute atomic E-state index is 5.55. The number of rotatable bonds is 1. The molecule has 3 aromatic carbocycles. The van der Waals surface area contributed by atoms with E-state index >= 15 is 0 Å². The van der Waals surface area contributed by atoms with Gasteiger partial charge in [-0.3, -0.25) is 0 Å². The third-order valence-corrected chi connectivity index (χ3v) is 5.51. The Labute approximate surface area is 141 Å². The van der Waals surface area contributed by atoms with Gasteiger partial charge in [-0.15, -0.1) is 0 Å². The minimum atomic E-state index is 0.213. The standard InChI is InChI=1S/C16H9Br3O/c17-8-1-3-10-11-4-2-9(18)6-13(11)16(19)15(12(10)5-8)14-7-20-14/h1-6,14H,7H2/t14-/m0/s1. The molecule has 0 aliphatic carbocycles. The summed E-state index contributed by atoms with van der Waals surface area (Å²) in [6.45, 7) is 0.805. The maximum atomic E-state index is 5.55. The first-order chi connectivity index (χ1) is 9.65. The van der Waals surface area contributed by atoms with Crippen LogP contribution >= 0.6 is 47.8 Å². The van der Waals surface area contributed by atoms with Gasteiger partial charge < -0.3 is 4.74 Å². The summed E-state index contributed by atoms with van der Waals surface area (Å²) in [5, 5.41) is 5.00. The number of halogens is 3. The van der Waals surface area contributed by atoms with Crippen LogP contribution < -0.4 is 0 Å². The summed E-state index contributed by atoms with van der Waals surface area (Å²) in [5.41, 5.74) is 1.26. The lowest BCUT2D eigenvalue weighted by Crippen LogP contribution is -1.90. The average Bonchev–Trinajstić information content (AvgIpc) is 3.24. The predicted octanol–water partition coefficient (Wildman–Crippen LogP) is 6.35. The molecule has 0 radical (unpaired) electrons. The van der Waals surface area contributed by atoms with Gasteiger partial charge in [0, 0.05) is 19.0 Å². The SMILES string of the molecule is Brc1ccc2c(c1)c(Br)c([C@@H]1CO1)c1cc(Br)ccc12. The molecule has 0 bridgehead atoms. The zero-order valence-electron chi connectivity index (χ0n) is 10.3. The Kier molecular flexibility index (Phi) is 3.18. The van der Waals surface area contributed by atoms with Crippen molar-refractivity contribution in [2.45, 2.75) is 6.10 Å². The van der Waals surface area contributed by atoms with Gasteiger partial charge in [0.2, 0.25) is 0 Å². The van der Waals surface area contributed by atoms with E-state index in [1.54, 1.807) is 0 Å². The van der Waals surface area contributed by atoms with Crippen LogP contribution in [0.15, 0.2) is 49.8 Å². The minimum absolute atomic E-state index is 0.213. The summed E-state index contributed by atoms with van der Waals surface area (Å²) < 4.78 is 8.87. The Hall–Kier alpha value is -0.420. The second-order valence-electron chi connectivity index (χ2n) is 4.93. The lowest BCUT2D eigenvalue weighted by molar-refractivity contribution is 0.416. The quantitative estimate of drug-likeness (QED) is 0.307. The van der Waals surface area contributed by atoms with Crippen molar-refractivity contribution in [1.29, 1.82) is 0 Å². The molecular formula is C16H9Br3O. The highest BCUT2D eigenvalue weighted by Crippen LogP contribution is 2.45. The van der Waals surface area contributed by atoms with Crippen LogP contribution in [-0.4, -0.2) is 6.61 Å². The molecule has 0 N–H and O–H groups in total. The Morgan fingerprint density at radius 2 is 1.35 bits per heavy atom. The van der Waals surface area contributed by atoms with Crippen molar-refractivity contribution in [3.63, 3.8) is 0 Å². The molecule has 0 saturated carbocycles. The van der Waals surface area contributed by atoms with E-state index in [9.17, 15) is 0 Å². The lowest BCUT2D eigenvalue weighted by atomic mass is 9.96. The normalized spacial score (nSPS) is 17.9. The van der Waals surface area contributed by atoms with Crippen molar-refractivity contribution >= 4 is 69.3 Å². The minimum Gasteiger partial charge on any atom is -0.368 e. The largest absolute Gasteiger partial charge is 0.368 e. The highest BCUT2D eigenvalue weighted by atomic mass is 79.9. The molecule has 20 heavy (non-hydrogen) atoms. The zero-order valence-corrected chi connectivity index (χ0v) is 15.0. The van der Waals surface area contributed by atoms with E-state index < -0.39 is 0 Å². The van der Waals surface area contributed by atoms with Gasteiger partial charge in [-0.1, -0.05) is 44.0 Å². The third-order valence-electron chi connectivity index (χ3n) is 3.67. The van der Waals surface area contributed by atoms with E-state index in [0.29, 0.717) is 0 Å². The summed E-state index contributed by atoms with van der Waals surface area (Å²) in [6, 6.07) is 12.9. The maximum Gasteiger partial charge on any atom is 0.108 e. The fourth-order valence-corrected chi connectivity index (χ4v) is 4.22. The Morgan fingerprint density at radius 1 is 0.800 bits per heavy atom. The Bertz CT molecular complexity index is 853. The first-order valence-electron chi connectivity index (χ1n) is 6.26. The van der Waals surface area contributed by atoms with Crippen LogP contribution in [-0.2, 0) is 4.74 Å². The molecule has 0 aromatic heterocycles. The van der Waals surface area contributed by atoms with Crippen molar-refractivity contribution in [3.05, 3.63) is 55.4 Å². The number of benzene rings is 3. The highest BCUT2D eigenvalue weighted by Gasteiger charge is 2.30. The molecule has 0 amide bonds. The molecule has 1 heterocycles. The van der Waals surface area contributed by atoms with Crippen molar-refractivity contribution in [2.75, 3.05) is 6.61 Å².